The fourth-order valence-corrected chi connectivity index (χ4v) is 3.06. The number of ether oxygens (including phenoxy) is 1. The molecule has 7 nitrogen and oxygen atoms in total. The van der Waals surface area contributed by atoms with Gasteiger partial charge in [-0.2, -0.15) is 0 Å². The van der Waals surface area contributed by atoms with E-state index in [1.807, 2.05) is 30.3 Å². The van der Waals surface area contributed by atoms with Gasteiger partial charge >= 0.3 is 156 Å². The summed E-state index contributed by atoms with van der Waals surface area (Å²) in [6, 6.07) is 15.0. The van der Waals surface area contributed by atoms with Gasteiger partial charge in [-0.15, -0.1) is 0 Å². The molecule has 3 rings (SSSR count). The molecule has 0 spiro atoms. The van der Waals surface area contributed by atoms with Crippen LogP contribution in [0, 0.1) is 0 Å². The molecule has 28 heavy (non-hydrogen) atoms. The van der Waals surface area contributed by atoms with E-state index >= 15 is 0 Å². The molecule has 2 aromatic carbocycles. The van der Waals surface area contributed by atoms with Crippen molar-refractivity contribution in [1.82, 2.24) is 5.32 Å². The summed E-state index contributed by atoms with van der Waals surface area (Å²) in [7, 11) is 0.619. The Bertz CT molecular complexity index is 887. The summed E-state index contributed by atoms with van der Waals surface area (Å²) in [4.78, 5) is 39.1. The minimum absolute atomic E-state index is 0.0632. The topological polar surface area (TPSA) is 92.8 Å². The van der Waals surface area contributed by atoms with Crippen molar-refractivity contribution in [2.75, 3.05) is 17.9 Å². The summed E-state index contributed by atoms with van der Waals surface area (Å²) in [6.07, 6.45) is -0.147. The van der Waals surface area contributed by atoms with Gasteiger partial charge in [0, 0.05) is 0 Å². The van der Waals surface area contributed by atoms with Crippen LogP contribution in [0.2, 0.25) is 0 Å². The van der Waals surface area contributed by atoms with Gasteiger partial charge in [-0.25, -0.2) is 0 Å². The van der Waals surface area contributed by atoms with Crippen LogP contribution >= 0.6 is 0 Å². The van der Waals surface area contributed by atoms with E-state index in [9.17, 15) is 19.1 Å². The monoisotopic (exact) mass is 378 g/mol. The van der Waals surface area contributed by atoms with E-state index in [0.717, 1.165) is 5.56 Å². The molecule has 0 fully saturated rings. The third-order valence-electron chi connectivity index (χ3n) is 4.43. The number of Topliss-reactive ketones (excluding diaryl/α,β-unsaturated/α-hetero) is 1. The quantitative estimate of drug-likeness (QED) is 0.577. The Kier molecular flexibility index (Phi) is 6.44. The first-order valence-corrected chi connectivity index (χ1v) is 8.90. The molecule has 1 atom stereocenters. The molecule has 1 N–H and O–H groups in total. The number of hydrogen-bond acceptors (Lipinski definition) is 6. The second kappa shape index (κ2) is 9.19. The van der Waals surface area contributed by atoms with Crippen LogP contribution in [0.25, 0.3) is 0 Å². The molecule has 1 aliphatic heterocycles. The van der Waals surface area contributed by atoms with Crippen LogP contribution in [-0.4, -0.2) is 43.8 Å². The van der Waals surface area contributed by atoms with Gasteiger partial charge in [0.25, 0.3) is 0 Å². The minimum atomic E-state index is -0.882. The molecule has 8 heteroatoms. The van der Waals surface area contributed by atoms with Crippen molar-refractivity contribution >= 4 is 30.5 Å². The van der Waals surface area contributed by atoms with Gasteiger partial charge in [0.05, 0.1) is 0 Å². The number of nitrogens with zero attached hydrogens (tertiary/aromatic N) is 1. The van der Waals surface area contributed by atoms with Gasteiger partial charge in [-0.05, 0) is 0 Å². The third kappa shape index (κ3) is 4.58. The molecule has 142 valence electrons. The van der Waals surface area contributed by atoms with Crippen molar-refractivity contribution in [3.8, 4) is 0 Å². The summed E-state index contributed by atoms with van der Waals surface area (Å²) in [5, 5.41) is 2.76. The van der Waals surface area contributed by atoms with Crippen LogP contribution in [0.4, 0.5) is 5.69 Å². The number of anilines is 1. The number of para-hydroxylation sites is 1. The van der Waals surface area contributed by atoms with Crippen molar-refractivity contribution in [3.05, 3.63) is 65.7 Å². The second-order valence-electron chi connectivity index (χ2n) is 6.34. The SMILES string of the molecule is O=BCN[C@H]1CC(=O)c2ccccc2N(CC(=O)OCc2ccccc2)C1=O. The van der Waals surface area contributed by atoms with Crippen molar-refractivity contribution in [2.24, 2.45) is 0 Å². The number of carbonyl (C=O) groups excluding carboxylic acids is 3. The molecule has 2 aromatic rings. The Morgan fingerprint density at radius 2 is 1.82 bits per heavy atom. The number of hydrogen-bond donors (Lipinski definition) is 1. The van der Waals surface area contributed by atoms with Crippen LogP contribution in [-0.2, 0) is 25.6 Å². The number of ketones is 1. The number of nitrogens with one attached hydrogen (secondary N) is 1. The van der Waals surface area contributed by atoms with E-state index in [1.54, 1.807) is 24.3 Å². The third-order valence-corrected chi connectivity index (χ3v) is 4.43. The van der Waals surface area contributed by atoms with Gasteiger partial charge < -0.3 is 0 Å². The molecule has 0 bridgehead atoms. The van der Waals surface area contributed by atoms with Gasteiger partial charge in [0.1, 0.15) is 0 Å². The molecule has 1 amide bonds. The fraction of sp³-hybridized carbons (Fsp3) is 0.250. The zero-order valence-corrected chi connectivity index (χ0v) is 15.2. The Labute approximate surface area is 162 Å². The first kappa shape index (κ1) is 19.6. The standard InChI is InChI=1S/C20H19BN2O5/c24-18-10-16(22-13-21-27)20(26)23(17-9-5-4-8-15(17)18)11-19(25)28-12-14-6-2-1-3-7-14/h1-9,16,22H,10-13H2/t16-/m0/s1. The number of fused-ring (bicyclic) bond motifs is 1. The van der Waals surface area contributed by atoms with E-state index in [-0.39, 0.29) is 31.8 Å². The first-order chi connectivity index (χ1) is 13.6. The Hall–Kier alpha value is -3.13. The summed E-state index contributed by atoms with van der Waals surface area (Å²) < 4.78 is 16.0. The van der Waals surface area contributed by atoms with Crippen LogP contribution in [0.1, 0.15) is 22.3 Å². The van der Waals surface area contributed by atoms with Crippen LogP contribution < -0.4 is 10.2 Å². The Balaban J connectivity index is 1.79. The van der Waals surface area contributed by atoms with E-state index in [1.165, 1.54) is 4.90 Å². The van der Waals surface area contributed by atoms with E-state index in [4.69, 9.17) is 4.74 Å². The summed E-state index contributed by atoms with van der Waals surface area (Å²) in [5.41, 5.74) is 1.56. The molecule has 1 aliphatic rings. The van der Waals surface area contributed by atoms with Crippen molar-refractivity contribution in [1.29, 1.82) is 0 Å². The van der Waals surface area contributed by atoms with Crippen LogP contribution in [0.15, 0.2) is 54.6 Å². The van der Waals surface area contributed by atoms with E-state index in [0.29, 0.717) is 18.4 Å². The van der Waals surface area contributed by atoms with Crippen LogP contribution in [0.3, 0.4) is 0 Å². The predicted molar refractivity (Wildman–Crippen MR) is 102 cm³/mol. The number of esters is 1. The van der Waals surface area contributed by atoms with Crippen molar-refractivity contribution < 1.29 is 23.8 Å². The summed E-state index contributed by atoms with van der Waals surface area (Å²) in [6.45, 7) is -0.232. The predicted octanol–water partition coefficient (Wildman–Crippen LogP) is 1.31. The molecule has 0 unspecified atom stereocenters. The molecular weight excluding hydrogens is 359 g/mol. The number of amides is 1. The fourth-order valence-electron chi connectivity index (χ4n) is 3.06. The number of carbonyl (C=O) groups is 3. The molecular formula is C20H19BN2O5. The first-order valence-electron chi connectivity index (χ1n) is 8.90. The molecule has 0 radical (unpaired) electrons. The van der Waals surface area contributed by atoms with Crippen LogP contribution in [0.5, 0.6) is 0 Å². The van der Waals surface area contributed by atoms with Gasteiger partial charge in [-0.1, -0.05) is 6.07 Å². The normalized spacial score (nSPS) is 16.1. The Morgan fingerprint density at radius 1 is 1.11 bits per heavy atom. The zero-order chi connectivity index (χ0) is 19.9. The van der Waals surface area contributed by atoms with E-state index in [2.05, 4.69) is 5.32 Å². The molecule has 0 saturated carbocycles. The van der Waals surface area contributed by atoms with Gasteiger partial charge in [-0.3, -0.25) is 0 Å². The molecule has 0 aromatic heterocycles. The number of rotatable bonds is 7. The maximum absolute atomic E-state index is 13.0. The summed E-state index contributed by atoms with van der Waals surface area (Å²) in [5.74, 6) is -1.26. The average Bonchev–Trinajstić information content (AvgIpc) is 2.82. The second-order valence-corrected chi connectivity index (χ2v) is 6.34. The van der Waals surface area contributed by atoms with Crippen molar-refractivity contribution in [3.63, 3.8) is 0 Å². The molecule has 1 heterocycles. The van der Waals surface area contributed by atoms with Crippen molar-refractivity contribution in [2.45, 2.75) is 19.1 Å². The van der Waals surface area contributed by atoms with Gasteiger partial charge in [0.2, 0.25) is 0 Å². The molecule has 0 aliphatic carbocycles. The molecule has 0 saturated heterocycles. The number of benzene rings is 2. The average molecular weight is 378 g/mol. The Morgan fingerprint density at radius 3 is 2.57 bits per heavy atom. The maximum atomic E-state index is 13.0. The van der Waals surface area contributed by atoms with E-state index < -0.39 is 17.9 Å². The summed E-state index contributed by atoms with van der Waals surface area (Å²) >= 11 is 0. The van der Waals surface area contributed by atoms with Gasteiger partial charge in [0.15, 0.2) is 0 Å². The zero-order valence-electron chi connectivity index (χ0n) is 15.2.